The van der Waals surface area contributed by atoms with Crippen molar-refractivity contribution in [2.75, 3.05) is 0 Å². The molecule has 5 nitrogen and oxygen atoms in total. The van der Waals surface area contributed by atoms with E-state index in [2.05, 4.69) is 5.32 Å². The monoisotopic (exact) mass is 280 g/mol. The molecule has 3 aliphatic rings. The average molecular weight is 280 g/mol. The number of amides is 2. The molecule has 0 radical (unpaired) electrons. The first kappa shape index (κ1) is 13.9. The first-order valence-electron chi connectivity index (χ1n) is 7.81. The summed E-state index contributed by atoms with van der Waals surface area (Å²) in [6.07, 6.45) is 4.10. The second-order valence-electron chi connectivity index (χ2n) is 6.58. The molecule has 5 unspecified atom stereocenters. The number of fused-ring (bicyclic) bond motifs is 2. The third-order valence-corrected chi connectivity index (χ3v) is 4.94. The maximum Gasteiger partial charge on any atom is 0.246 e. The van der Waals surface area contributed by atoms with Crippen molar-refractivity contribution in [1.29, 1.82) is 0 Å². The minimum atomic E-state index is -0.385. The molecule has 0 spiro atoms. The van der Waals surface area contributed by atoms with Gasteiger partial charge in [-0.1, -0.05) is 20.8 Å². The molecule has 2 amide bonds. The lowest BCUT2D eigenvalue weighted by Crippen LogP contribution is -2.67. The molecule has 3 rings (SSSR count). The van der Waals surface area contributed by atoms with Crippen LogP contribution in [0.4, 0.5) is 0 Å². The van der Waals surface area contributed by atoms with E-state index in [4.69, 9.17) is 4.74 Å². The van der Waals surface area contributed by atoms with Crippen molar-refractivity contribution in [2.24, 2.45) is 5.92 Å². The van der Waals surface area contributed by atoms with E-state index in [-0.39, 0.29) is 48.1 Å². The fourth-order valence-electron chi connectivity index (χ4n) is 3.88. The van der Waals surface area contributed by atoms with Crippen molar-refractivity contribution in [3.8, 4) is 0 Å². The zero-order valence-corrected chi connectivity index (χ0v) is 12.5. The van der Waals surface area contributed by atoms with Gasteiger partial charge in [0, 0.05) is 0 Å². The lowest BCUT2D eigenvalue weighted by atomic mass is 9.89. The molecule has 3 fully saturated rings. The predicted octanol–water partition coefficient (Wildman–Crippen LogP) is 1.07. The highest BCUT2D eigenvalue weighted by molar-refractivity contribution is 5.97. The van der Waals surface area contributed by atoms with Gasteiger partial charge in [-0.05, 0) is 31.6 Å². The maximum atomic E-state index is 12.8. The number of ether oxygens (including phenoxy) is 1. The molecular formula is C15H24N2O3. The first-order chi connectivity index (χ1) is 9.52. The summed E-state index contributed by atoms with van der Waals surface area (Å²) in [5, 5.41) is 2.89. The summed E-state index contributed by atoms with van der Waals surface area (Å²) in [5.41, 5.74) is 0. The van der Waals surface area contributed by atoms with Gasteiger partial charge in [-0.25, -0.2) is 0 Å². The summed E-state index contributed by atoms with van der Waals surface area (Å²) >= 11 is 0. The van der Waals surface area contributed by atoms with Gasteiger partial charge in [-0.15, -0.1) is 0 Å². The number of carbonyl (C=O) groups is 2. The zero-order valence-electron chi connectivity index (χ0n) is 12.5. The van der Waals surface area contributed by atoms with Gasteiger partial charge in [0.15, 0.2) is 0 Å². The van der Waals surface area contributed by atoms with Gasteiger partial charge in [0.2, 0.25) is 11.8 Å². The Morgan fingerprint density at radius 1 is 1.35 bits per heavy atom. The van der Waals surface area contributed by atoms with Crippen LogP contribution < -0.4 is 5.32 Å². The van der Waals surface area contributed by atoms with Gasteiger partial charge in [-0.2, -0.15) is 0 Å². The molecule has 112 valence electrons. The standard InChI is InChI=1S/C15H24N2O3/c1-4-10-14(18)16-13(8(2)3)15(19)17(10)11-7-9-5-6-12(11)20-9/h8-13H,4-7H2,1-3H3,(H,16,18). The normalized spacial score (nSPS) is 40.6. The second-order valence-corrected chi connectivity index (χ2v) is 6.58. The van der Waals surface area contributed by atoms with Crippen molar-refractivity contribution < 1.29 is 14.3 Å². The summed E-state index contributed by atoms with van der Waals surface area (Å²) in [5.74, 6) is 0.187. The lowest BCUT2D eigenvalue weighted by Gasteiger charge is -2.44. The highest BCUT2D eigenvalue weighted by Gasteiger charge is 2.51. The molecule has 20 heavy (non-hydrogen) atoms. The van der Waals surface area contributed by atoms with E-state index < -0.39 is 0 Å². The van der Waals surface area contributed by atoms with Crippen LogP contribution in [0.3, 0.4) is 0 Å². The van der Waals surface area contributed by atoms with Crippen LogP contribution in [0.25, 0.3) is 0 Å². The summed E-state index contributed by atoms with van der Waals surface area (Å²) in [6.45, 7) is 5.92. The number of piperazine rings is 1. The third kappa shape index (κ3) is 2.03. The van der Waals surface area contributed by atoms with Crippen LogP contribution in [0.2, 0.25) is 0 Å². The van der Waals surface area contributed by atoms with Crippen molar-refractivity contribution in [2.45, 2.75) is 76.8 Å². The van der Waals surface area contributed by atoms with Gasteiger partial charge in [0.05, 0.1) is 18.2 Å². The van der Waals surface area contributed by atoms with Crippen molar-refractivity contribution in [3.63, 3.8) is 0 Å². The minimum absolute atomic E-state index is 0.00595. The number of rotatable bonds is 3. The molecule has 3 saturated heterocycles. The minimum Gasteiger partial charge on any atom is -0.373 e. The highest BCUT2D eigenvalue weighted by atomic mass is 16.5. The van der Waals surface area contributed by atoms with E-state index >= 15 is 0 Å². The number of nitrogens with zero attached hydrogens (tertiary/aromatic N) is 1. The molecule has 0 aromatic carbocycles. The Balaban J connectivity index is 1.87. The van der Waals surface area contributed by atoms with E-state index in [9.17, 15) is 9.59 Å². The molecule has 3 heterocycles. The van der Waals surface area contributed by atoms with E-state index in [0.717, 1.165) is 19.3 Å². The molecule has 3 aliphatic heterocycles. The smallest absolute Gasteiger partial charge is 0.246 e. The molecule has 5 heteroatoms. The van der Waals surface area contributed by atoms with E-state index in [1.54, 1.807) is 0 Å². The third-order valence-electron chi connectivity index (χ3n) is 4.94. The van der Waals surface area contributed by atoms with Crippen LogP contribution in [0.1, 0.15) is 46.5 Å². The Morgan fingerprint density at radius 2 is 2.10 bits per heavy atom. The molecule has 0 aliphatic carbocycles. The Morgan fingerprint density at radius 3 is 2.60 bits per heavy atom. The van der Waals surface area contributed by atoms with Gasteiger partial charge in [0.1, 0.15) is 12.1 Å². The van der Waals surface area contributed by atoms with Crippen LogP contribution in [0.5, 0.6) is 0 Å². The number of hydrogen-bond donors (Lipinski definition) is 1. The molecule has 0 saturated carbocycles. The van der Waals surface area contributed by atoms with Crippen LogP contribution in [-0.4, -0.2) is 47.0 Å². The fraction of sp³-hybridized carbons (Fsp3) is 0.867. The van der Waals surface area contributed by atoms with Gasteiger partial charge in [-0.3, -0.25) is 9.59 Å². The average Bonchev–Trinajstić information content (AvgIpc) is 3.02. The summed E-state index contributed by atoms with van der Waals surface area (Å²) < 4.78 is 5.88. The SMILES string of the molecule is CCC1C(=O)NC(C(C)C)C(=O)N1C1CC2CCC1O2. The number of hydrogen-bond acceptors (Lipinski definition) is 3. The quantitative estimate of drug-likeness (QED) is 0.841. The Bertz CT molecular complexity index is 423. The first-order valence-corrected chi connectivity index (χ1v) is 7.81. The summed E-state index contributed by atoms with van der Waals surface area (Å²) in [4.78, 5) is 27.0. The van der Waals surface area contributed by atoms with Gasteiger partial charge in [0.25, 0.3) is 0 Å². The Labute approximate surface area is 120 Å². The molecule has 2 bridgehead atoms. The Kier molecular flexibility index (Phi) is 3.48. The fourth-order valence-corrected chi connectivity index (χ4v) is 3.88. The number of nitrogens with one attached hydrogen (secondary N) is 1. The lowest BCUT2D eigenvalue weighted by molar-refractivity contribution is -0.155. The van der Waals surface area contributed by atoms with Gasteiger partial charge < -0.3 is 15.0 Å². The van der Waals surface area contributed by atoms with Crippen LogP contribution >= 0.6 is 0 Å². The molecule has 1 N–H and O–H groups in total. The van der Waals surface area contributed by atoms with Gasteiger partial charge >= 0.3 is 0 Å². The molecular weight excluding hydrogens is 256 g/mol. The van der Waals surface area contributed by atoms with Crippen molar-refractivity contribution >= 4 is 11.8 Å². The van der Waals surface area contributed by atoms with Crippen molar-refractivity contribution in [3.05, 3.63) is 0 Å². The van der Waals surface area contributed by atoms with Crippen molar-refractivity contribution in [1.82, 2.24) is 10.2 Å². The predicted molar refractivity (Wildman–Crippen MR) is 74.0 cm³/mol. The van der Waals surface area contributed by atoms with Crippen LogP contribution in [0, 0.1) is 5.92 Å². The zero-order chi connectivity index (χ0) is 14.4. The van der Waals surface area contributed by atoms with E-state index in [1.807, 2.05) is 25.7 Å². The van der Waals surface area contributed by atoms with Crippen LogP contribution in [0.15, 0.2) is 0 Å². The van der Waals surface area contributed by atoms with E-state index in [1.165, 1.54) is 0 Å². The summed E-state index contributed by atoms with van der Waals surface area (Å²) in [7, 11) is 0. The second kappa shape index (κ2) is 5.02. The highest BCUT2D eigenvalue weighted by Crippen LogP contribution is 2.39. The largest absolute Gasteiger partial charge is 0.373 e. The molecule has 0 aromatic heterocycles. The Hall–Kier alpha value is -1.10. The maximum absolute atomic E-state index is 12.8. The molecule has 5 atom stereocenters. The number of carbonyl (C=O) groups excluding carboxylic acids is 2. The topological polar surface area (TPSA) is 58.6 Å². The molecule has 0 aromatic rings. The van der Waals surface area contributed by atoms with E-state index in [0.29, 0.717) is 6.42 Å². The summed E-state index contributed by atoms with van der Waals surface area (Å²) in [6, 6.07) is -0.617. The van der Waals surface area contributed by atoms with Crippen LogP contribution in [-0.2, 0) is 14.3 Å².